The predicted molar refractivity (Wildman–Crippen MR) is 62.7 cm³/mol. The number of para-hydroxylation sites is 1. The minimum atomic E-state index is -0.373. The van der Waals surface area contributed by atoms with Gasteiger partial charge in [-0.15, -0.1) is 6.58 Å². The fourth-order valence-electron chi connectivity index (χ4n) is 1.89. The second-order valence-corrected chi connectivity index (χ2v) is 3.87. The van der Waals surface area contributed by atoms with Crippen molar-refractivity contribution in [2.75, 3.05) is 5.06 Å². The van der Waals surface area contributed by atoms with Crippen LogP contribution in [0.3, 0.4) is 0 Å². The number of anilines is 1. The molecule has 0 bridgehead atoms. The molecule has 1 aromatic carbocycles. The first-order chi connectivity index (χ1) is 7.76. The van der Waals surface area contributed by atoms with E-state index >= 15 is 0 Å². The van der Waals surface area contributed by atoms with Crippen molar-refractivity contribution < 1.29 is 4.84 Å². The quantitative estimate of drug-likeness (QED) is 0.710. The van der Waals surface area contributed by atoms with Gasteiger partial charge in [0.05, 0.1) is 17.8 Å². The summed E-state index contributed by atoms with van der Waals surface area (Å²) in [6.45, 7) is 5.81. The minimum absolute atomic E-state index is 0.0748. The highest BCUT2D eigenvalue weighted by atomic mass is 16.7. The van der Waals surface area contributed by atoms with Crippen LogP contribution in [0.25, 0.3) is 0 Å². The lowest BCUT2D eigenvalue weighted by Gasteiger charge is -2.23. The molecule has 0 N–H and O–H groups in total. The fraction of sp³-hybridized carbons (Fsp3) is 0.308. The second kappa shape index (κ2) is 4.38. The summed E-state index contributed by atoms with van der Waals surface area (Å²) in [4.78, 5) is 5.58. The number of aryl methyl sites for hydroxylation is 1. The highest BCUT2D eigenvalue weighted by molar-refractivity contribution is 5.53. The molecular weight excluding hydrogens is 200 g/mol. The van der Waals surface area contributed by atoms with Crippen LogP contribution in [0.5, 0.6) is 0 Å². The van der Waals surface area contributed by atoms with Crippen LogP contribution in [0.4, 0.5) is 5.69 Å². The molecule has 82 valence electrons. The Bertz CT molecular complexity index is 436. The van der Waals surface area contributed by atoms with Crippen molar-refractivity contribution in [2.24, 2.45) is 0 Å². The second-order valence-electron chi connectivity index (χ2n) is 3.87. The Hall–Kier alpha value is -1.79. The Kier molecular flexibility index (Phi) is 2.93. The lowest BCUT2D eigenvalue weighted by atomic mass is 10.1. The Morgan fingerprint density at radius 2 is 2.31 bits per heavy atom. The molecule has 16 heavy (non-hydrogen) atoms. The van der Waals surface area contributed by atoms with Gasteiger partial charge in [-0.3, -0.25) is 4.84 Å². The Labute approximate surface area is 95.5 Å². The molecule has 3 heteroatoms. The van der Waals surface area contributed by atoms with E-state index in [4.69, 9.17) is 10.1 Å². The molecule has 1 saturated heterocycles. The van der Waals surface area contributed by atoms with Crippen molar-refractivity contribution in [2.45, 2.75) is 25.5 Å². The van der Waals surface area contributed by atoms with Crippen LogP contribution >= 0.6 is 0 Å². The summed E-state index contributed by atoms with van der Waals surface area (Å²) in [7, 11) is 0. The normalized spacial score (nSPS) is 24.1. The summed E-state index contributed by atoms with van der Waals surface area (Å²) >= 11 is 0. The van der Waals surface area contributed by atoms with Crippen LogP contribution in [0, 0.1) is 18.3 Å². The van der Waals surface area contributed by atoms with E-state index in [-0.39, 0.29) is 12.1 Å². The zero-order chi connectivity index (χ0) is 11.5. The average Bonchev–Trinajstić information content (AvgIpc) is 2.72. The summed E-state index contributed by atoms with van der Waals surface area (Å²) in [6.07, 6.45) is 2.13. The molecule has 0 saturated carbocycles. The largest absolute Gasteiger partial charge is 0.254 e. The molecule has 2 atom stereocenters. The molecule has 2 unspecified atom stereocenters. The van der Waals surface area contributed by atoms with Gasteiger partial charge in [0.1, 0.15) is 0 Å². The average molecular weight is 214 g/mol. The third kappa shape index (κ3) is 1.80. The molecule has 1 aromatic rings. The number of nitrogens with zero attached hydrogens (tertiary/aromatic N) is 2. The highest BCUT2D eigenvalue weighted by Gasteiger charge is 2.32. The Balaban J connectivity index is 2.31. The summed E-state index contributed by atoms with van der Waals surface area (Å²) in [5.74, 6) is 0. The van der Waals surface area contributed by atoms with E-state index in [2.05, 4.69) is 12.6 Å². The standard InChI is InChI=1S/C13H14N2O/c1-3-11-8-12(9-14)16-15(11)13-7-5-4-6-10(13)2/h3-7,11-12H,1,8H2,2H3. The molecule has 1 heterocycles. The van der Waals surface area contributed by atoms with Crippen molar-refractivity contribution in [1.29, 1.82) is 5.26 Å². The monoisotopic (exact) mass is 214 g/mol. The van der Waals surface area contributed by atoms with E-state index in [1.165, 1.54) is 0 Å². The molecule has 3 nitrogen and oxygen atoms in total. The molecule has 2 rings (SSSR count). The van der Waals surface area contributed by atoms with E-state index in [0.717, 1.165) is 11.3 Å². The Morgan fingerprint density at radius 1 is 1.56 bits per heavy atom. The van der Waals surface area contributed by atoms with Gasteiger partial charge in [-0.2, -0.15) is 5.26 Å². The first-order valence-electron chi connectivity index (χ1n) is 5.30. The SMILES string of the molecule is C=CC1CC(C#N)ON1c1ccccc1C. The minimum Gasteiger partial charge on any atom is -0.254 e. The first-order valence-corrected chi connectivity index (χ1v) is 5.30. The van der Waals surface area contributed by atoms with E-state index in [1.54, 1.807) is 5.06 Å². The van der Waals surface area contributed by atoms with Gasteiger partial charge in [0.15, 0.2) is 6.10 Å². The van der Waals surface area contributed by atoms with Gasteiger partial charge in [-0.1, -0.05) is 24.3 Å². The van der Waals surface area contributed by atoms with Crippen LogP contribution in [0.1, 0.15) is 12.0 Å². The zero-order valence-corrected chi connectivity index (χ0v) is 9.26. The van der Waals surface area contributed by atoms with Gasteiger partial charge < -0.3 is 0 Å². The number of nitriles is 1. The number of rotatable bonds is 2. The third-order valence-electron chi connectivity index (χ3n) is 2.77. The van der Waals surface area contributed by atoms with Gasteiger partial charge in [0.2, 0.25) is 0 Å². The van der Waals surface area contributed by atoms with Crippen LogP contribution < -0.4 is 5.06 Å². The topological polar surface area (TPSA) is 36.3 Å². The van der Waals surface area contributed by atoms with Crippen LogP contribution in [-0.4, -0.2) is 12.1 Å². The maximum Gasteiger partial charge on any atom is 0.174 e. The first kappa shape index (κ1) is 10.7. The predicted octanol–water partition coefficient (Wildman–Crippen LogP) is 2.58. The molecular formula is C13H14N2O. The lowest BCUT2D eigenvalue weighted by Crippen LogP contribution is -2.26. The highest BCUT2D eigenvalue weighted by Crippen LogP contribution is 2.30. The van der Waals surface area contributed by atoms with Gasteiger partial charge >= 0.3 is 0 Å². The number of hydroxylamine groups is 1. The number of hydrogen-bond acceptors (Lipinski definition) is 3. The van der Waals surface area contributed by atoms with Crippen LogP contribution in [-0.2, 0) is 4.84 Å². The summed E-state index contributed by atoms with van der Waals surface area (Å²) in [5, 5.41) is 10.7. The molecule has 0 radical (unpaired) electrons. The van der Waals surface area contributed by atoms with Crippen LogP contribution in [0.15, 0.2) is 36.9 Å². The Morgan fingerprint density at radius 3 is 2.94 bits per heavy atom. The molecule has 0 amide bonds. The van der Waals surface area contributed by atoms with Gasteiger partial charge in [-0.25, -0.2) is 5.06 Å². The molecule has 1 aliphatic rings. The lowest BCUT2D eigenvalue weighted by molar-refractivity contribution is 0.120. The van der Waals surface area contributed by atoms with E-state index in [9.17, 15) is 0 Å². The summed E-state index contributed by atoms with van der Waals surface area (Å²) in [6, 6.07) is 10.2. The van der Waals surface area contributed by atoms with E-state index < -0.39 is 0 Å². The van der Waals surface area contributed by atoms with Crippen LogP contribution in [0.2, 0.25) is 0 Å². The zero-order valence-electron chi connectivity index (χ0n) is 9.26. The van der Waals surface area contributed by atoms with E-state index in [1.807, 2.05) is 37.3 Å². The van der Waals surface area contributed by atoms with Gasteiger partial charge in [0.25, 0.3) is 0 Å². The van der Waals surface area contributed by atoms with Crippen molar-refractivity contribution >= 4 is 5.69 Å². The maximum atomic E-state index is 8.88. The van der Waals surface area contributed by atoms with Crippen molar-refractivity contribution in [3.63, 3.8) is 0 Å². The molecule has 0 spiro atoms. The smallest absolute Gasteiger partial charge is 0.174 e. The van der Waals surface area contributed by atoms with E-state index in [0.29, 0.717) is 6.42 Å². The summed E-state index contributed by atoms with van der Waals surface area (Å²) in [5.41, 5.74) is 2.14. The van der Waals surface area contributed by atoms with Crippen molar-refractivity contribution in [1.82, 2.24) is 0 Å². The fourth-order valence-corrected chi connectivity index (χ4v) is 1.89. The van der Waals surface area contributed by atoms with Gasteiger partial charge in [0, 0.05) is 6.42 Å². The maximum absolute atomic E-state index is 8.88. The molecule has 0 aromatic heterocycles. The molecule has 1 aliphatic heterocycles. The van der Waals surface area contributed by atoms with Crippen molar-refractivity contribution in [3.05, 3.63) is 42.5 Å². The van der Waals surface area contributed by atoms with Crippen molar-refractivity contribution in [3.8, 4) is 6.07 Å². The summed E-state index contributed by atoms with van der Waals surface area (Å²) < 4.78 is 0. The van der Waals surface area contributed by atoms with Gasteiger partial charge in [-0.05, 0) is 18.6 Å². The number of hydrogen-bond donors (Lipinski definition) is 0. The molecule has 0 aliphatic carbocycles. The third-order valence-corrected chi connectivity index (χ3v) is 2.77. The number of benzene rings is 1. The molecule has 1 fully saturated rings.